The smallest absolute Gasteiger partial charge is 0.338 e. The monoisotopic (exact) mass is 496 g/mol. The number of imide groups is 1. The van der Waals surface area contributed by atoms with Gasteiger partial charge in [0.2, 0.25) is 11.8 Å². The Balaban J connectivity index is 1.20. The Hall–Kier alpha value is -3.00. The maximum absolute atomic E-state index is 12.9. The summed E-state index contributed by atoms with van der Waals surface area (Å²) in [5, 5.41) is 2.64. The van der Waals surface area contributed by atoms with Crippen LogP contribution in [-0.2, 0) is 19.1 Å². The Morgan fingerprint density at radius 1 is 0.938 bits per heavy atom. The lowest BCUT2D eigenvalue weighted by Crippen LogP contribution is -2.32. The van der Waals surface area contributed by atoms with E-state index < -0.39 is 18.5 Å². The number of rotatable bonds is 5. The molecule has 3 amide bonds. The van der Waals surface area contributed by atoms with Gasteiger partial charge < -0.3 is 10.1 Å². The maximum atomic E-state index is 12.9. The molecule has 2 aromatic rings. The standard InChI is InChI=1S/C24H21BrN2O5/c25-16-5-7-17(8-6-16)26-19(28)12-32-24(31)13-3-9-18(10-4-13)27-22(29)20-14-1-2-15(11-14)21(20)23(27)30/h3-10,14-15,20-21H,1-2,11-12H2,(H,26,28)/t14-,15-,20-,21+/m0/s1. The number of benzene rings is 2. The highest BCUT2D eigenvalue weighted by atomic mass is 79.9. The van der Waals surface area contributed by atoms with Crippen LogP contribution in [0.15, 0.2) is 53.0 Å². The number of nitrogens with one attached hydrogen (secondary N) is 1. The molecule has 1 saturated heterocycles. The van der Waals surface area contributed by atoms with Crippen LogP contribution in [0.1, 0.15) is 29.6 Å². The quantitative estimate of drug-likeness (QED) is 0.502. The number of esters is 1. The molecule has 2 bridgehead atoms. The van der Waals surface area contributed by atoms with Crippen LogP contribution in [0.3, 0.4) is 0 Å². The Bertz CT molecular complexity index is 1070. The molecule has 8 heteroatoms. The lowest BCUT2D eigenvalue weighted by molar-refractivity contribution is -0.123. The third-order valence-electron chi connectivity index (χ3n) is 6.75. The SMILES string of the molecule is O=C(COC(=O)c1ccc(N2C(=O)[C@@H]3[C@H]4CC[C@@H](C4)[C@@H]3C2=O)cc1)Nc1ccc(Br)cc1. The third kappa shape index (κ3) is 3.62. The minimum atomic E-state index is -0.656. The zero-order chi connectivity index (χ0) is 22.4. The van der Waals surface area contributed by atoms with Crippen LogP contribution in [0.5, 0.6) is 0 Å². The number of fused-ring (bicyclic) bond motifs is 5. The summed E-state index contributed by atoms with van der Waals surface area (Å²) in [5.74, 6) is -1.07. The molecule has 2 aromatic carbocycles. The molecule has 2 saturated carbocycles. The van der Waals surface area contributed by atoms with Gasteiger partial charge in [-0.05, 0) is 79.6 Å². The number of carbonyl (C=O) groups excluding carboxylic acids is 4. The summed E-state index contributed by atoms with van der Waals surface area (Å²) >= 11 is 3.32. The molecule has 0 radical (unpaired) electrons. The number of amides is 3. The largest absolute Gasteiger partial charge is 0.452 e. The van der Waals surface area contributed by atoms with E-state index in [2.05, 4.69) is 21.2 Å². The van der Waals surface area contributed by atoms with Gasteiger partial charge in [-0.15, -0.1) is 0 Å². The summed E-state index contributed by atoms with van der Waals surface area (Å²) < 4.78 is 5.97. The van der Waals surface area contributed by atoms with Crippen molar-refractivity contribution < 1.29 is 23.9 Å². The molecule has 0 spiro atoms. The van der Waals surface area contributed by atoms with Crippen molar-refractivity contribution in [3.63, 3.8) is 0 Å². The zero-order valence-electron chi connectivity index (χ0n) is 17.1. The highest BCUT2D eigenvalue weighted by molar-refractivity contribution is 9.10. The lowest BCUT2D eigenvalue weighted by atomic mass is 9.81. The average Bonchev–Trinajstić information content (AvgIpc) is 3.47. The molecule has 32 heavy (non-hydrogen) atoms. The lowest BCUT2D eigenvalue weighted by Gasteiger charge is -2.19. The van der Waals surface area contributed by atoms with E-state index >= 15 is 0 Å². The van der Waals surface area contributed by atoms with Gasteiger partial charge in [-0.2, -0.15) is 0 Å². The van der Waals surface area contributed by atoms with Crippen molar-refractivity contribution in [2.75, 3.05) is 16.8 Å². The fourth-order valence-electron chi connectivity index (χ4n) is 5.35. The van der Waals surface area contributed by atoms with Gasteiger partial charge in [0.25, 0.3) is 5.91 Å². The molecule has 7 nitrogen and oxygen atoms in total. The van der Waals surface area contributed by atoms with Gasteiger partial charge in [0, 0.05) is 10.2 Å². The predicted octanol–water partition coefficient (Wildman–Crippen LogP) is 3.78. The molecule has 1 heterocycles. The first-order valence-electron chi connectivity index (χ1n) is 10.6. The van der Waals surface area contributed by atoms with Crippen molar-refractivity contribution >= 4 is 51.0 Å². The normalized spacial score (nSPS) is 25.7. The number of ether oxygens (including phenoxy) is 1. The third-order valence-corrected chi connectivity index (χ3v) is 7.28. The highest BCUT2D eigenvalue weighted by Crippen LogP contribution is 2.56. The van der Waals surface area contributed by atoms with Gasteiger partial charge >= 0.3 is 5.97 Å². The van der Waals surface area contributed by atoms with Gasteiger partial charge in [-0.1, -0.05) is 15.9 Å². The number of anilines is 2. The molecular formula is C24H21BrN2O5. The molecule has 0 unspecified atom stereocenters. The zero-order valence-corrected chi connectivity index (χ0v) is 18.7. The van der Waals surface area contributed by atoms with E-state index in [-0.39, 0.29) is 29.2 Å². The van der Waals surface area contributed by atoms with Crippen molar-refractivity contribution in [1.82, 2.24) is 0 Å². The Morgan fingerprint density at radius 2 is 1.53 bits per heavy atom. The van der Waals surface area contributed by atoms with E-state index in [0.29, 0.717) is 23.2 Å². The molecule has 3 fully saturated rings. The van der Waals surface area contributed by atoms with Gasteiger partial charge in [-0.25, -0.2) is 4.79 Å². The number of hydrogen-bond acceptors (Lipinski definition) is 5. The van der Waals surface area contributed by atoms with Gasteiger partial charge in [-0.3, -0.25) is 19.3 Å². The molecule has 2 aliphatic carbocycles. The summed E-state index contributed by atoms with van der Waals surface area (Å²) in [6.45, 7) is -0.425. The van der Waals surface area contributed by atoms with Crippen LogP contribution in [0, 0.1) is 23.7 Å². The summed E-state index contributed by atoms with van der Waals surface area (Å²) in [6.07, 6.45) is 3.04. The second-order valence-corrected chi connectivity index (χ2v) is 9.49. The van der Waals surface area contributed by atoms with Crippen LogP contribution in [0.4, 0.5) is 11.4 Å². The van der Waals surface area contributed by atoms with Crippen molar-refractivity contribution in [3.05, 3.63) is 58.6 Å². The van der Waals surface area contributed by atoms with Crippen molar-refractivity contribution in [2.45, 2.75) is 19.3 Å². The van der Waals surface area contributed by atoms with E-state index in [9.17, 15) is 19.2 Å². The van der Waals surface area contributed by atoms with E-state index in [1.807, 2.05) is 0 Å². The van der Waals surface area contributed by atoms with Crippen molar-refractivity contribution in [1.29, 1.82) is 0 Å². The molecule has 0 aromatic heterocycles. The molecule has 1 N–H and O–H groups in total. The van der Waals surface area contributed by atoms with Crippen molar-refractivity contribution in [3.8, 4) is 0 Å². The van der Waals surface area contributed by atoms with Crippen LogP contribution in [-0.4, -0.2) is 30.3 Å². The fraction of sp³-hybridized carbons (Fsp3) is 0.333. The summed E-state index contributed by atoms with van der Waals surface area (Å²) in [6, 6.07) is 13.2. The van der Waals surface area contributed by atoms with Gasteiger partial charge in [0.15, 0.2) is 6.61 Å². The first kappa shape index (κ1) is 20.9. The number of halogens is 1. The van der Waals surface area contributed by atoms with Gasteiger partial charge in [0.1, 0.15) is 0 Å². The molecule has 3 aliphatic rings. The first-order valence-corrected chi connectivity index (χ1v) is 11.4. The number of carbonyl (C=O) groups is 4. The second kappa shape index (κ2) is 8.16. The van der Waals surface area contributed by atoms with Gasteiger partial charge in [0.05, 0.1) is 23.1 Å². The summed E-state index contributed by atoms with van der Waals surface area (Å²) in [7, 11) is 0. The molecule has 164 valence electrons. The summed E-state index contributed by atoms with van der Waals surface area (Å²) in [5.41, 5.74) is 1.31. The van der Waals surface area contributed by atoms with Crippen LogP contribution in [0.2, 0.25) is 0 Å². The molecule has 1 aliphatic heterocycles. The van der Waals surface area contributed by atoms with Crippen LogP contribution in [0.25, 0.3) is 0 Å². The second-order valence-electron chi connectivity index (χ2n) is 8.57. The minimum Gasteiger partial charge on any atom is -0.452 e. The highest BCUT2D eigenvalue weighted by Gasteiger charge is 2.61. The average molecular weight is 497 g/mol. The van der Waals surface area contributed by atoms with Crippen molar-refractivity contribution in [2.24, 2.45) is 23.7 Å². The molecule has 5 rings (SSSR count). The maximum Gasteiger partial charge on any atom is 0.338 e. The van der Waals surface area contributed by atoms with E-state index in [4.69, 9.17) is 4.74 Å². The van der Waals surface area contributed by atoms with E-state index in [0.717, 1.165) is 23.7 Å². The van der Waals surface area contributed by atoms with E-state index in [1.165, 1.54) is 17.0 Å². The Labute approximate surface area is 193 Å². The topological polar surface area (TPSA) is 92.8 Å². The predicted molar refractivity (Wildman–Crippen MR) is 120 cm³/mol. The summed E-state index contributed by atoms with van der Waals surface area (Å²) in [4.78, 5) is 51.4. The van der Waals surface area contributed by atoms with Crippen LogP contribution < -0.4 is 10.2 Å². The molecule has 4 atom stereocenters. The Morgan fingerprint density at radius 3 is 2.12 bits per heavy atom. The molecular weight excluding hydrogens is 476 g/mol. The number of nitrogens with zero attached hydrogens (tertiary/aromatic N) is 1. The first-order chi connectivity index (χ1) is 15.4. The fourth-order valence-corrected chi connectivity index (χ4v) is 5.62. The van der Waals surface area contributed by atoms with Crippen LogP contribution >= 0.6 is 15.9 Å². The Kier molecular flexibility index (Phi) is 5.33. The number of hydrogen-bond donors (Lipinski definition) is 1. The van der Waals surface area contributed by atoms with E-state index in [1.54, 1.807) is 36.4 Å². The minimum absolute atomic E-state index is 0.118.